The van der Waals surface area contributed by atoms with E-state index >= 15 is 0 Å². The van der Waals surface area contributed by atoms with Crippen molar-refractivity contribution in [2.75, 3.05) is 12.9 Å². The fraction of sp³-hybridized carbons (Fsp3) is 0.188. The van der Waals surface area contributed by atoms with Crippen molar-refractivity contribution in [2.45, 2.75) is 11.4 Å². The summed E-state index contributed by atoms with van der Waals surface area (Å²) >= 11 is 7.30. The van der Waals surface area contributed by atoms with Crippen LogP contribution in [-0.4, -0.2) is 18.8 Å². The van der Waals surface area contributed by atoms with Crippen LogP contribution in [0.5, 0.6) is 5.75 Å². The van der Waals surface area contributed by atoms with Gasteiger partial charge in [0.05, 0.1) is 12.9 Å². The van der Waals surface area contributed by atoms with Crippen LogP contribution >= 0.6 is 23.4 Å². The Morgan fingerprint density at radius 3 is 2.43 bits per heavy atom. The molecule has 0 aromatic heterocycles. The van der Waals surface area contributed by atoms with Crippen molar-refractivity contribution in [3.63, 3.8) is 0 Å². The minimum absolute atomic E-state index is 0.00534. The Balaban J connectivity index is 1.75. The molecule has 0 unspecified atom stereocenters. The monoisotopic (exact) mass is 321 g/mol. The zero-order valence-corrected chi connectivity index (χ0v) is 13.2. The summed E-state index contributed by atoms with van der Waals surface area (Å²) in [5.41, 5.74) is 1.04. The van der Waals surface area contributed by atoms with Crippen molar-refractivity contribution in [1.29, 1.82) is 0 Å². The van der Waals surface area contributed by atoms with Crippen molar-refractivity contribution < 1.29 is 9.53 Å². The first kappa shape index (κ1) is 15.7. The highest BCUT2D eigenvalue weighted by Gasteiger charge is 2.03. The number of carbonyl (C=O) groups excluding carboxylic acids is 1. The number of benzene rings is 2. The number of halogens is 1. The molecule has 0 bridgehead atoms. The number of hydrogen-bond donors (Lipinski definition) is 1. The quantitative estimate of drug-likeness (QED) is 0.823. The maximum absolute atomic E-state index is 11.8. The van der Waals surface area contributed by atoms with Crippen LogP contribution in [0.4, 0.5) is 0 Å². The first-order chi connectivity index (χ1) is 10.2. The summed E-state index contributed by atoms with van der Waals surface area (Å²) in [6.07, 6.45) is 0. The summed E-state index contributed by atoms with van der Waals surface area (Å²) in [7, 11) is 1.63. The Labute approximate surface area is 133 Å². The van der Waals surface area contributed by atoms with E-state index in [1.54, 1.807) is 7.11 Å². The molecule has 5 heteroatoms. The van der Waals surface area contributed by atoms with Crippen molar-refractivity contribution in [2.24, 2.45) is 0 Å². The fourth-order valence-electron chi connectivity index (χ4n) is 1.67. The van der Waals surface area contributed by atoms with Crippen molar-refractivity contribution in [3.8, 4) is 5.75 Å². The van der Waals surface area contributed by atoms with Gasteiger partial charge in [-0.15, -0.1) is 11.8 Å². The van der Waals surface area contributed by atoms with Gasteiger partial charge in [-0.3, -0.25) is 4.79 Å². The summed E-state index contributed by atoms with van der Waals surface area (Å²) in [5.74, 6) is 1.20. The van der Waals surface area contributed by atoms with E-state index in [2.05, 4.69) is 5.32 Å². The van der Waals surface area contributed by atoms with Gasteiger partial charge in [0.2, 0.25) is 5.91 Å². The van der Waals surface area contributed by atoms with E-state index in [0.29, 0.717) is 17.3 Å². The second-order valence-electron chi connectivity index (χ2n) is 4.37. The standard InChI is InChI=1S/C16H16ClNO2S/c1-20-14-6-2-12(3-7-14)10-18-16(19)11-21-15-8-4-13(17)5-9-15/h2-9H,10-11H2,1H3,(H,18,19). The van der Waals surface area contributed by atoms with E-state index in [1.165, 1.54) is 11.8 Å². The first-order valence-electron chi connectivity index (χ1n) is 6.45. The largest absolute Gasteiger partial charge is 0.497 e. The number of thioether (sulfide) groups is 1. The minimum Gasteiger partial charge on any atom is -0.497 e. The van der Waals surface area contributed by atoms with E-state index in [-0.39, 0.29) is 5.91 Å². The van der Waals surface area contributed by atoms with Gasteiger partial charge < -0.3 is 10.1 Å². The van der Waals surface area contributed by atoms with Gasteiger partial charge in [0.1, 0.15) is 5.75 Å². The first-order valence-corrected chi connectivity index (χ1v) is 7.82. The summed E-state index contributed by atoms with van der Waals surface area (Å²) in [6.45, 7) is 0.518. The maximum Gasteiger partial charge on any atom is 0.230 e. The lowest BCUT2D eigenvalue weighted by molar-refractivity contribution is -0.118. The van der Waals surface area contributed by atoms with Crippen LogP contribution in [0.2, 0.25) is 5.02 Å². The number of carbonyl (C=O) groups is 1. The molecule has 0 aliphatic carbocycles. The molecule has 1 N–H and O–H groups in total. The average Bonchev–Trinajstić information content (AvgIpc) is 2.53. The zero-order valence-electron chi connectivity index (χ0n) is 11.6. The molecule has 2 rings (SSSR count). The zero-order chi connectivity index (χ0) is 15.1. The molecule has 2 aromatic carbocycles. The van der Waals surface area contributed by atoms with Gasteiger partial charge in [-0.1, -0.05) is 23.7 Å². The summed E-state index contributed by atoms with van der Waals surface area (Å²) in [4.78, 5) is 12.8. The van der Waals surface area contributed by atoms with Gasteiger partial charge in [0.25, 0.3) is 0 Å². The topological polar surface area (TPSA) is 38.3 Å². The molecule has 0 spiro atoms. The summed E-state index contributed by atoms with van der Waals surface area (Å²) in [5, 5.41) is 3.59. The molecule has 1 amide bonds. The Kier molecular flexibility index (Phi) is 5.96. The molecule has 2 aromatic rings. The molecule has 0 radical (unpaired) electrons. The molecule has 110 valence electrons. The molecular weight excluding hydrogens is 306 g/mol. The van der Waals surface area contributed by atoms with Crippen molar-refractivity contribution in [1.82, 2.24) is 5.32 Å². The second-order valence-corrected chi connectivity index (χ2v) is 5.85. The van der Waals surface area contributed by atoms with Crippen LogP contribution in [-0.2, 0) is 11.3 Å². The molecule has 0 heterocycles. The number of amides is 1. The third-order valence-corrected chi connectivity index (χ3v) is 4.10. The smallest absolute Gasteiger partial charge is 0.230 e. The van der Waals surface area contributed by atoms with Crippen molar-refractivity contribution in [3.05, 3.63) is 59.1 Å². The molecule has 0 aliphatic rings. The van der Waals surface area contributed by atoms with E-state index in [9.17, 15) is 4.79 Å². The van der Waals surface area contributed by atoms with Crippen LogP contribution in [0.25, 0.3) is 0 Å². The molecule has 21 heavy (non-hydrogen) atoms. The van der Waals surface area contributed by atoms with Gasteiger partial charge >= 0.3 is 0 Å². The normalized spacial score (nSPS) is 10.2. The molecule has 0 saturated heterocycles. The predicted octanol–water partition coefficient (Wildman–Crippen LogP) is 3.76. The molecular formula is C16H16ClNO2S. The number of methoxy groups -OCH3 is 1. The lowest BCUT2D eigenvalue weighted by atomic mass is 10.2. The SMILES string of the molecule is COc1ccc(CNC(=O)CSc2ccc(Cl)cc2)cc1. The van der Waals surface area contributed by atoms with Crippen LogP contribution in [0.1, 0.15) is 5.56 Å². The number of hydrogen-bond acceptors (Lipinski definition) is 3. The predicted molar refractivity (Wildman–Crippen MR) is 87.0 cm³/mol. The van der Waals surface area contributed by atoms with Crippen LogP contribution in [0.15, 0.2) is 53.4 Å². The van der Waals surface area contributed by atoms with E-state index in [0.717, 1.165) is 16.2 Å². The van der Waals surface area contributed by atoms with Crippen molar-refractivity contribution >= 4 is 29.3 Å². The van der Waals surface area contributed by atoms with E-state index in [1.807, 2.05) is 48.5 Å². The third-order valence-electron chi connectivity index (χ3n) is 2.83. The van der Waals surface area contributed by atoms with Gasteiger partial charge in [0, 0.05) is 16.5 Å². The second kappa shape index (κ2) is 7.96. The number of nitrogens with one attached hydrogen (secondary N) is 1. The van der Waals surface area contributed by atoms with Gasteiger partial charge in [-0.25, -0.2) is 0 Å². The highest BCUT2D eigenvalue weighted by atomic mass is 35.5. The van der Waals surface area contributed by atoms with Gasteiger partial charge in [-0.2, -0.15) is 0 Å². The third kappa shape index (κ3) is 5.33. The minimum atomic E-state index is 0.00534. The van der Waals surface area contributed by atoms with Crippen LogP contribution < -0.4 is 10.1 Å². The summed E-state index contributed by atoms with van der Waals surface area (Å²) < 4.78 is 5.09. The lowest BCUT2D eigenvalue weighted by Gasteiger charge is -2.06. The molecule has 0 saturated carbocycles. The summed E-state index contributed by atoms with van der Waals surface area (Å²) in [6, 6.07) is 15.1. The Morgan fingerprint density at radius 2 is 1.81 bits per heavy atom. The van der Waals surface area contributed by atoms with Crippen LogP contribution in [0.3, 0.4) is 0 Å². The number of rotatable bonds is 6. The maximum atomic E-state index is 11.8. The van der Waals surface area contributed by atoms with E-state index in [4.69, 9.17) is 16.3 Å². The van der Waals surface area contributed by atoms with Gasteiger partial charge in [0.15, 0.2) is 0 Å². The molecule has 0 aliphatic heterocycles. The van der Waals surface area contributed by atoms with Gasteiger partial charge in [-0.05, 0) is 42.0 Å². The molecule has 0 fully saturated rings. The Morgan fingerprint density at radius 1 is 1.14 bits per heavy atom. The average molecular weight is 322 g/mol. The van der Waals surface area contributed by atoms with Crippen LogP contribution in [0, 0.1) is 0 Å². The lowest BCUT2D eigenvalue weighted by Crippen LogP contribution is -2.24. The van der Waals surface area contributed by atoms with E-state index < -0.39 is 0 Å². The molecule has 3 nitrogen and oxygen atoms in total. The fourth-order valence-corrected chi connectivity index (χ4v) is 2.53. The highest BCUT2D eigenvalue weighted by Crippen LogP contribution is 2.20. The Hall–Kier alpha value is -1.65. The highest BCUT2D eigenvalue weighted by molar-refractivity contribution is 8.00. The number of ether oxygens (including phenoxy) is 1. The Bertz CT molecular complexity index is 584. The molecule has 0 atom stereocenters.